The summed E-state index contributed by atoms with van der Waals surface area (Å²) in [6, 6.07) is 0.745. The van der Waals surface area contributed by atoms with Gasteiger partial charge in [0.05, 0.1) is 27.6 Å². The number of hydrogen-bond acceptors (Lipinski definition) is 6. The molecule has 0 saturated heterocycles. The molecule has 35 heavy (non-hydrogen) atoms. The van der Waals surface area contributed by atoms with Gasteiger partial charge in [-0.2, -0.15) is 13.2 Å². The summed E-state index contributed by atoms with van der Waals surface area (Å²) in [7, 11) is 0. The van der Waals surface area contributed by atoms with Gasteiger partial charge < -0.3 is 21.9 Å². The molecule has 1 atom stereocenters. The Bertz CT molecular complexity index is 1160. The van der Waals surface area contributed by atoms with Crippen molar-refractivity contribution in [2.24, 2.45) is 5.73 Å². The van der Waals surface area contributed by atoms with Gasteiger partial charge in [-0.25, -0.2) is 23.6 Å². The molecule has 1 unspecified atom stereocenters. The van der Waals surface area contributed by atoms with Crippen LogP contribution in [-0.4, -0.2) is 61.7 Å². The lowest BCUT2D eigenvalue weighted by Gasteiger charge is -2.44. The molecule has 0 heterocycles. The van der Waals surface area contributed by atoms with Crippen LogP contribution >= 0.6 is 0 Å². The highest BCUT2D eigenvalue weighted by molar-refractivity contribution is 6.03. The zero-order valence-electron chi connectivity index (χ0n) is 17.7. The van der Waals surface area contributed by atoms with Crippen LogP contribution in [0.2, 0.25) is 0 Å². The number of nitrogens with two attached hydrogens (primary N) is 1. The molecule has 0 fully saturated rings. The highest BCUT2D eigenvalue weighted by Crippen LogP contribution is 2.54. The number of carboxylic acid groups (broad SMARTS) is 4. The first-order valence-electron chi connectivity index (χ1n) is 8.79. The molecule has 0 saturated carbocycles. The molecule has 0 spiro atoms. The zero-order valence-corrected chi connectivity index (χ0v) is 16.7. The van der Waals surface area contributed by atoms with Crippen LogP contribution in [0.4, 0.5) is 26.5 Å². The zero-order chi connectivity index (χ0) is 27.1. The Labute approximate surface area is 190 Å². The van der Waals surface area contributed by atoms with Crippen molar-refractivity contribution in [2.45, 2.75) is 17.5 Å². The Morgan fingerprint density at radius 2 is 1.00 bits per heavy atom. The second-order valence-electron chi connectivity index (χ2n) is 6.90. The standard InChI is InChI=1S/C19H12F6N2O8.H/c20-18(21,22)17(19(23,26)27(24)25,7-1-3-9(13(28)29)11(5-7)15(32)33)8-2-4-10(14(30)31)12(6-8)16(34)35;/h1-6H,26H2,(H,28,29)(H,30,31)(H,32,33)(H,34,35);/q;-1. The number of alkyl halides is 4. The van der Waals surface area contributed by atoms with Crippen LogP contribution in [-0.2, 0) is 5.41 Å². The van der Waals surface area contributed by atoms with Crippen LogP contribution in [0.1, 0.15) is 54.0 Å². The van der Waals surface area contributed by atoms with E-state index in [1.165, 1.54) is 0 Å². The third-order valence-corrected chi connectivity index (χ3v) is 5.02. The second kappa shape index (κ2) is 8.88. The van der Waals surface area contributed by atoms with Crippen LogP contribution in [0, 0.1) is 0 Å². The molecule has 2 aromatic rings. The molecule has 0 bridgehead atoms. The molecule has 10 nitrogen and oxygen atoms in total. The molecule has 190 valence electrons. The Hall–Kier alpha value is -4.18. The number of rotatable bonds is 8. The molecule has 0 amide bonds. The van der Waals surface area contributed by atoms with Crippen LogP contribution in [0.25, 0.3) is 0 Å². The fourth-order valence-corrected chi connectivity index (χ4v) is 3.51. The fourth-order valence-electron chi connectivity index (χ4n) is 3.51. The van der Waals surface area contributed by atoms with Crippen molar-refractivity contribution >= 4 is 23.9 Å². The second-order valence-corrected chi connectivity index (χ2v) is 6.90. The summed E-state index contributed by atoms with van der Waals surface area (Å²) >= 11 is 0. The van der Waals surface area contributed by atoms with Gasteiger partial charge in [0.15, 0.2) is 5.41 Å². The lowest BCUT2D eigenvalue weighted by molar-refractivity contribution is -0.339. The summed E-state index contributed by atoms with van der Waals surface area (Å²) in [6.45, 7) is 0. The van der Waals surface area contributed by atoms with E-state index >= 15 is 4.39 Å². The van der Waals surface area contributed by atoms with Crippen LogP contribution < -0.4 is 5.73 Å². The Kier molecular flexibility index (Phi) is 6.87. The normalized spacial score (nSPS) is 13.8. The quantitative estimate of drug-likeness (QED) is 0.153. The first kappa shape index (κ1) is 27.1. The minimum atomic E-state index is -6.19. The Morgan fingerprint density at radius 1 is 0.686 bits per heavy atom. The topological polar surface area (TPSA) is 178 Å². The first-order valence-corrected chi connectivity index (χ1v) is 8.79. The first-order chi connectivity index (χ1) is 15.9. The van der Waals surface area contributed by atoms with Gasteiger partial charge in [0.1, 0.15) is 0 Å². The molecule has 2 aromatic carbocycles. The molecule has 0 aliphatic heterocycles. The van der Waals surface area contributed by atoms with E-state index in [-0.39, 0.29) is 37.8 Å². The summed E-state index contributed by atoms with van der Waals surface area (Å²) in [5.74, 6) is -13.4. The number of carbonyl (C=O) groups is 4. The average Bonchev–Trinajstić information content (AvgIpc) is 2.72. The SMILES string of the molecule is NC(F)(N(F)F)C(c1ccc(C(=O)O)c(C(=O)O)c1)(c1ccc(C(=O)O)c(C(=O)O)c1)C(F)(F)F.[H-]. The number of nitrogens with zero attached hydrogens (tertiary/aromatic N) is 1. The van der Waals surface area contributed by atoms with E-state index in [2.05, 4.69) is 0 Å². The summed E-state index contributed by atoms with van der Waals surface area (Å²) in [5.41, 5.74) is -8.21. The van der Waals surface area contributed by atoms with Crippen molar-refractivity contribution in [1.82, 2.24) is 5.34 Å². The van der Waals surface area contributed by atoms with E-state index in [1.54, 1.807) is 0 Å². The summed E-state index contributed by atoms with van der Waals surface area (Å²) in [5, 5.41) is 33.9. The smallest absolute Gasteiger partial charge is 0.408 e. The number of halogens is 6. The predicted molar refractivity (Wildman–Crippen MR) is 101 cm³/mol. The summed E-state index contributed by atoms with van der Waals surface area (Å²) < 4.78 is 86.1. The van der Waals surface area contributed by atoms with E-state index in [0.29, 0.717) is 0 Å². The molecule has 16 heteroatoms. The molecule has 0 aliphatic rings. The van der Waals surface area contributed by atoms with Crippen LogP contribution in [0.5, 0.6) is 0 Å². The highest BCUT2D eigenvalue weighted by atomic mass is 19.4. The summed E-state index contributed by atoms with van der Waals surface area (Å²) in [6.07, 6.45) is -6.19. The van der Waals surface area contributed by atoms with Crippen molar-refractivity contribution < 1.29 is 67.6 Å². The molecule has 0 radical (unpaired) electrons. The number of benzene rings is 2. The monoisotopic (exact) mass is 511 g/mol. The molecule has 2 rings (SSSR count). The third kappa shape index (κ3) is 4.24. The van der Waals surface area contributed by atoms with E-state index in [4.69, 9.17) is 15.9 Å². The largest absolute Gasteiger partial charge is 1.00 e. The maximum Gasteiger partial charge on any atom is 0.408 e. The van der Waals surface area contributed by atoms with Crippen molar-refractivity contribution in [3.63, 3.8) is 0 Å². The Morgan fingerprint density at radius 3 is 1.23 bits per heavy atom. The molecule has 0 aromatic heterocycles. The Balaban J connectivity index is 0.00000648. The van der Waals surface area contributed by atoms with Crippen molar-refractivity contribution in [1.29, 1.82) is 0 Å². The van der Waals surface area contributed by atoms with Gasteiger partial charge in [-0.3, -0.25) is 5.73 Å². The van der Waals surface area contributed by atoms with E-state index < -0.39 is 80.1 Å². The lowest BCUT2D eigenvalue weighted by Crippen LogP contribution is -2.68. The van der Waals surface area contributed by atoms with Gasteiger partial charge in [-0.1, -0.05) is 21.1 Å². The predicted octanol–water partition coefficient (Wildman–Crippen LogP) is 3.09. The van der Waals surface area contributed by atoms with Crippen LogP contribution in [0.15, 0.2) is 36.4 Å². The average molecular weight is 511 g/mol. The van der Waals surface area contributed by atoms with Gasteiger partial charge in [0, 0.05) is 0 Å². The van der Waals surface area contributed by atoms with E-state index in [0.717, 1.165) is 0 Å². The van der Waals surface area contributed by atoms with Crippen molar-refractivity contribution in [2.75, 3.05) is 0 Å². The van der Waals surface area contributed by atoms with Gasteiger partial charge >= 0.3 is 30.1 Å². The molecule has 0 aliphatic carbocycles. The minimum Gasteiger partial charge on any atom is -1.00 e. The van der Waals surface area contributed by atoms with Gasteiger partial charge in [-0.05, 0) is 35.4 Å². The highest BCUT2D eigenvalue weighted by Gasteiger charge is 2.72. The number of carboxylic acids is 4. The molecular weight excluding hydrogens is 498 g/mol. The maximum absolute atomic E-state index is 15.3. The van der Waals surface area contributed by atoms with E-state index in [9.17, 15) is 51.5 Å². The van der Waals surface area contributed by atoms with Crippen LogP contribution in [0.3, 0.4) is 0 Å². The third-order valence-electron chi connectivity index (χ3n) is 5.02. The van der Waals surface area contributed by atoms with Crippen molar-refractivity contribution in [3.05, 3.63) is 69.8 Å². The minimum absolute atomic E-state index is 0. The fraction of sp³-hybridized carbons (Fsp3) is 0.158. The van der Waals surface area contributed by atoms with Gasteiger partial charge in [-0.15, -0.1) is 0 Å². The molecule has 6 N–H and O–H groups in total. The number of hydrogen-bond donors (Lipinski definition) is 5. The van der Waals surface area contributed by atoms with Crippen molar-refractivity contribution in [3.8, 4) is 0 Å². The lowest BCUT2D eigenvalue weighted by atomic mass is 9.69. The number of aromatic carboxylic acids is 4. The van der Waals surface area contributed by atoms with E-state index in [1.807, 2.05) is 0 Å². The summed E-state index contributed by atoms with van der Waals surface area (Å²) in [4.78, 5) is 45.4. The van der Waals surface area contributed by atoms with Gasteiger partial charge in [0.2, 0.25) is 0 Å². The maximum atomic E-state index is 15.3. The van der Waals surface area contributed by atoms with Gasteiger partial charge in [0.25, 0.3) is 5.92 Å². The molecular formula is C19H13F6N2O8-.